The van der Waals surface area contributed by atoms with E-state index in [1.165, 1.54) is 6.33 Å². The van der Waals surface area contributed by atoms with Gasteiger partial charge in [0, 0.05) is 19.0 Å². The number of nitrogens with zero attached hydrogens (tertiary/aromatic N) is 3. The summed E-state index contributed by atoms with van der Waals surface area (Å²) in [4.78, 5) is 19.4. The highest BCUT2D eigenvalue weighted by Crippen LogP contribution is 2.69. The normalized spacial score (nSPS) is 41.8. The third-order valence-corrected chi connectivity index (χ3v) is 7.41. The minimum Gasteiger partial charge on any atom is -0.341 e. The highest BCUT2D eigenvalue weighted by molar-refractivity contribution is 5.84. The molecule has 1 aromatic rings. The average molecular weight is 368 g/mol. The SMILES string of the molecule is O=C(N1CCC(c2ncn[nH]2)C1)C12CC3CC(C1)CC(C(F)(F)F)(C3)C2. The lowest BCUT2D eigenvalue weighted by atomic mass is 9.43. The topological polar surface area (TPSA) is 61.9 Å². The van der Waals surface area contributed by atoms with Crippen LogP contribution in [0.25, 0.3) is 0 Å². The number of halogens is 3. The highest BCUT2D eigenvalue weighted by atomic mass is 19.4. The minimum atomic E-state index is -4.20. The monoisotopic (exact) mass is 368 g/mol. The van der Waals surface area contributed by atoms with E-state index < -0.39 is 17.0 Å². The number of likely N-dealkylation sites (tertiary alicyclic amines) is 1. The Bertz CT molecular complexity index is 703. The van der Waals surface area contributed by atoms with E-state index in [0.717, 1.165) is 18.7 Å². The molecule has 3 unspecified atom stereocenters. The van der Waals surface area contributed by atoms with E-state index in [-0.39, 0.29) is 42.9 Å². The molecule has 4 saturated carbocycles. The maximum atomic E-state index is 13.9. The predicted molar refractivity (Wildman–Crippen MR) is 85.9 cm³/mol. The highest BCUT2D eigenvalue weighted by Gasteiger charge is 2.69. The fourth-order valence-corrected chi connectivity index (χ4v) is 6.76. The lowest BCUT2D eigenvalue weighted by Crippen LogP contribution is -2.61. The first kappa shape index (κ1) is 16.6. The van der Waals surface area contributed by atoms with Crippen molar-refractivity contribution in [2.45, 2.75) is 57.0 Å². The first-order valence-corrected chi connectivity index (χ1v) is 9.52. The summed E-state index contributed by atoms with van der Waals surface area (Å²) in [6, 6.07) is 0. The van der Waals surface area contributed by atoms with Crippen molar-refractivity contribution in [3.63, 3.8) is 0 Å². The van der Waals surface area contributed by atoms with Gasteiger partial charge in [0.15, 0.2) is 0 Å². The Balaban J connectivity index is 1.40. The number of rotatable bonds is 2. The molecule has 1 aromatic heterocycles. The zero-order valence-electron chi connectivity index (χ0n) is 14.6. The van der Waals surface area contributed by atoms with Gasteiger partial charge in [-0.05, 0) is 56.8 Å². The van der Waals surface area contributed by atoms with Gasteiger partial charge >= 0.3 is 6.18 Å². The van der Waals surface area contributed by atoms with Crippen LogP contribution in [0.3, 0.4) is 0 Å². The number of alkyl halides is 3. The van der Waals surface area contributed by atoms with Gasteiger partial charge in [0.2, 0.25) is 5.91 Å². The fraction of sp³-hybridized carbons (Fsp3) is 0.833. The van der Waals surface area contributed by atoms with Crippen molar-refractivity contribution in [3.8, 4) is 0 Å². The zero-order chi connectivity index (χ0) is 18.2. The first-order chi connectivity index (χ1) is 12.3. The molecule has 4 aliphatic carbocycles. The number of amides is 1. The Morgan fingerprint density at radius 2 is 1.96 bits per heavy atom. The number of aromatic nitrogens is 3. The predicted octanol–water partition coefficient (Wildman–Crippen LogP) is 3.27. The van der Waals surface area contributed by atoms with E-state index in [1.807, 2.05) is 0 Å². The summed E-state index contributed by atoms with van der Waals surface area (Å²) < 4.78 is 41.7. The molecule has 0 spiro atoms. The molecule has 5 nitrogen and oxygen atoms in total. The molecule has 5 fully saturated rings. The van der Waals surface area contributed by atoms with Crippen molar-refractivity contribution in [1.82, 2.24) is 20.1 Å². The van der Waals surface area contributed by atoms with Crippen molar-refractivity contribution in [3.05, 3.63) is 12.2 Å². The van der Waals surface area contributed by atoms with E-state index in [1.54, 1.807) is 4.90 Å². The summed E-state index contributed by atoms with van der Waals surface area (Å²) in [6.07, 6.45) is 0.634. The Labute approximate surface area is 149 Å². The maximum Gasteiger partial charge on any atom is 0.394 e. The van der Waals surface area contributed by atoms with Gasteiger partial charge < -0.3 is 4.90 Å². The van der Waals surface area contributed by atoms with E-state index in [0.29, 0.717) is 25.9 Å². The molecular formula is C18H23F3N4O. The van der Waals surface area contributed by atoms with Crippen molar-refractivity contribution in [2.24, 2.45) is 22.7 Å². The van der Waals surface area contributed by atoms with Gasteiger partial charge in [-0.2, -0.15) is 18.3 Å². The molecule has 4 bridgehead atoms. The molecule has 1 amide bonds. The Morgan fingerprint density at radius 3 is 2.58 bits per heavy atom. The van der Waals surface area contributed by atoms with E-state index in [2.05, 4.69) is 15.2 Å². The molecule has 1 aliphatic heterocycles. The van der Waals surface area contributed by atoms with E-state index in [9.17, 15) is 18.0 Å². The number of aromatic amines is 1. The lowest BCUT2D eigenvalue weighted by Gasteiger charge is -2.61. The van der Waals surface area contributed by atoms with Crippen LogP contribution in [0, 0.1) is 22.7 Å². The number of hydrogen-bond donors (Lipinski definition) is 1. The molecule has 1 N–H and O–H groups in total. The number of nitrogens with one attached hydrogen (secondary N) is 1. The van der Waals surface area contributed by atoms with Gasteiger partial charge in [-0.1, -0.05) is 0 Å². The van der Waals surface area contributed by atoms with Crippen LogP contribution in [0.5, 0.6) is 0 Å². The van der Waals surface area contributed by atoms with Crippen LogP contribution < -0.4 is 0 Å². The summed E-state index contributed by atoms with van der Waals surface area (Å²) in [5, 5.41) is 6.71. The second-order valence-corrected chi connectivity index (χ2v) is 9.13. The second kappa shape index (κ2) is 5.23. The molecule has 1 saturated heterocycles. The van der Waals surface area contributed by atoms with Crippen molar-refractivity contribution >= 4 is 5.91 Å². The number of hydrogen-bond acceptors (Lipinski definition) is 3. The van der Waals surface area contributed by atoms with Crippen molar-refractivity contribution < 1.29 is 18.0 Å². The fourth-order valence-electron chi connectivity index (χ4n) is 6.76. The standard InChI is InChI=1S/C18H23F3N4O/c19-18(20,21)17-6-11-3-12(7-17)5-16(4-11,9-17)15(26)25-2-1-13(8-25)14-22-10-23-24-14/h10-13H,1-9H2,(H,22,23,24). The van der Waals surface area contributed by atoms with Crippen LogP contribution in [-0.4, -0.2) is 45.3 Å². The molecular weight excluding hydrogens is 345 g/mol. The summed E-state index contributed by atoms with van der Waals surface area (Å²) in [6.45, 7) is 1.13. The average Bonchev–Trinajstić information content (AvgIpc) is 3.23. The maximum absolute atomic E-state index is 13.9. The number of H-pyrrole nitrogens is 1. The third-order valence-electron chi connectivity index (χ3n) is 7.41. The molecule has 3 atom stereocenters. The van der Waals surface area contributed by atoms with Crippen LogP contribution in [0.4, 0.5) is 13.2 Å². The van der Waals surface area contributed by atoms with Crippen LogP contribution >= 0.6 is 0 Å². The van der Waals surface area contributed by atoms with Crippen molar-refractivity contribution in [2.75, 3.05) is 13.1 Å². The summed E-state index contributed by atoms with van der Waals surface area (Å²) in [7, 11) is 0. The van der Waals surface area contributed by atoms with Crippen LogP contribution in [0.1, 0.15) is 56.7 Å². The minimum absolute atomic E-state index is 0.00118. The van der Waals surface area contributed by atoms with Gasteiger partial charge in [0.25, 0.3) is 0 Å². The molecule has 8 heteroatoms. The molecule has 2 heterocycles. The molecule has 5 aliphatic rings. The van der Waals surface area contributed by atoms with Gasteiger partial charge in [-0.15, -0.1) is 0 Å². The second-order valence-electron chi connectivity index (χ2n) is 9.13. The first-order valence-electron chi connectivity index (χ1n) is 9.52. The van der Waals surface area contributed by atoms with Gasteiger partial charge in [0.05, 0.1) is 10.8 Å². The molecule has 0 radical (unpaired) electrons. The van der Waals surface area contributed by atoms with E-state index >= 15 is 0 Å². The number of carbonyl (C=O) groups excluding carboxylic acids is 1. The third kappa shape index (κ3) is 2.26. The van der Waals surface area contributed by atoms with Crippen molar-refractivity contribution in [1.29, 1.82) is 0 Å². The summed E-state index contributed by atoms with van der Waals surface area (Å²) >= 11 is 0. The van der Waals surface area contributed by atoms with E-state index in [4.69, 9.17) is 0 Å². The van der Waals surface area contributed by atoms with Gasteiger partial charge in [0.1, 0.15) is 12.2 Å². The van der Waals surface area contributed by atoms with Gasteiger partial charge in [-0.25, -0.2) is 4.98 Å². The summed E-state index contributed by atoms with van der Waals surface area (Å²) in [5.74, 6) is 0.927. The van der Waals surface area contributed by atoms with Crippen LogP contribution in [0.2, 0.25) is 0 Å². The smallest absolute Gasteiger partial charge is 0.341 e. The number of carbonyl (C=O) groups is 1. The van der Waals surface area contributed by atoms with Gasteiger partial charge in [-0.3, -0.25) is 9.89 Å². The molecule has 26 heavy (non-hydrogen) atoms. The molecule has 142 valence electrons. The zero-order valence-corrected chi connectivity index (χ0v) is 14.6. The van der Waals surface area contributed by atoms with Crippen LogP contribution in [0.15, 0.2) is 6.33 Å². The Kier molecular flexibility index (Phi) is 3.33. The Morgan fingerprint density at radius 1 is 1.23 bits per heavy atom. The lowest BCUT2D eigenvalue weighted by molar-refractivity contribution is -0.284. The molecule has 6 rings (SSSR count). The van der Waals surface area contributed by atoms with Crippen LogP contribution in [-0.2, 0) is 4.79 Å². The molecule has 0 aromatic carbocycles. The Hall–Kier alpha value is -1.60. The summed E-state index contributed by atoms with van der Waals surface area (Å²) in [5.41, 5.74) is -2.42. The largest absolute Gasteiger partial charge is 0.394 e. The quantitative estimate of drug-likeness (QED) is 0.872.